The Balaban J connectivity index is 4.53. The molecule has 0 aliphatic rings. The van der Waals surface area contributed by atoms with Crippen molar-refractivity contribution < 1.29 is 44.2 Å². The fraction of sp³-hybridized carbons (Fsp3) is 0.857. The molecule has 0 aromatic heterocycles. The molecular formula is C14H26O9. The summed E-state index contributed by atoms with van der Waals surface area (Å²) in [7, 11) is 0. The van der Waals surface area contributed by atoms with E-state index in [4.69, 9.17) is 34.6 Å². The Kier molecular flexibility index (Phi) is 11.5. The molecule has 4 atom stereocenters. The van der Waals surface area contributed by atoms with E-state index < -0.39 is 49.2 Å². The van der Waals surface area contributed by atoms with E-state index in [1.54, 1.807) is 0 Å². The van der Waals surface area contributed by atoms with Gasteiger partial charge in [0.25, 0.3) is 0 Å². The molecule has 4 N–H and O–H groups in total. The van der Waals surface area contributed by atoms with Gasteiger partial charge in [-0.15, -0.1) is 0 Å². The number of hydrogen-bond donors (Lipinski definition) is 4. The Morgan fingerprint density at radius 3 is 1.30 bits per heavy atom. The lowest BCUT2D eigenvalue weighted by Crippen LogP contribution is -2.32. The Labute approximate surface area is 134 Å². The normalized spacial score (nSPS) is 16.5. The van der Waals surface area contributed by atoms with Gasteiger partial charge in [0.15, 0.2) is 0 Å². The lowest BCUT2D eigenvalue weighted by Gasteiger charge is -2.24. The molecule has 9 nitrogen and oxygen atoms in total. The summed E-state index contributed by atoms with van der Waals surface area (Å²) < 4.78 is 15.1. The third-order valence-electron chi connectivity index (χ3n) is 3.70. The molecule has 9 heteroatoms. The van der Waals surface area contributed by atoms with Crippen molar-refractivity contribution in [1.82, 2.24) is 0 Å². The SMILES string of the molecule is CC(C(=O)O)C(COCO)COCC(COCO)C(C)C(=O)O. The molecular weight excluding hydrogens is 312 g/mol. The predicted octanol–water partition coefficient (Wildman–Crippen LogP) is -0.390. The molecule has 4 unspecified atom stereocenters. The number of carboxylic acid groups (broad SMARTS) is 2. The number of aliphatic hydroxyl groups excluding tert-OH is 2. The van der Waals surface area contributed by atoms with Crippen molar-refractivity contribution in [2.24, 2.45) is 23.7 Å². The highest BCUT2D eigenvalue weighted by molar-refractivity contribution is 5.70. The molecule has 0 radical (unpaired) electrons. The lowest BCUT2D eigenvalue weighted by molar-refractivity contribution is -0.147. The number of ether oxygens (including phenoxy) is 3. The maximum Gasteiger partial charge on any atom is 0.306 e. The average molecular weight is 338 g/mol. The van der Waals surface area contributed by atoms with Crippen molar-refractivity contribution in [3.63, 3.8) is 0 Å². The summed E-state index contributed by atoms with van der Waals surface area (Å²) in [6.45, 7) is 2.06. The zero-order valence-electron chi connectivity index (χ0n) is 13.4. The Hall–Kier alpha value is -1.26. The average Bonchev–Trinajstić information content (AvgIpc) is 2.51. The molecule has 0 aromatic rings. The van der Waals surface area contributed by atoms with Crippen molar-refractivity contribution >= 4 is 11.9 Å². The van der Waals surface area contributed by atoms with Gasteiger partial charge in [0.1, 0.15) is 13.6 Å². The molecule has 0 fully saturated rings. The highest BCUT2D eigenvalue weighted by atomic mass is 16.6. The number of aliphatic carboxylic acids is 2. The van der Waals surface area contributed by atoms with Crippen molar-refractivity contribution in [1.29, 1.82) is 0 Å². The van der Waals surface area contributed by atoms with Gasteiger partial charge in [0.05, 0.1) is 38.3 Å². The summed E-state index contributed by atoms with van der Waals surface area (Å²) in [5.74, 6) is -4.49. The molecule has 0 bridgehead atoms. The lowest BCUT2D eigenvalue weighted by atomic mass is 9.94. The largest absolute Gasteiger partial charge is 0.481 e. The number of hydrogen-bond acceptors (Lipinski definition) is 7. The number of carbonyl (C=O) groups is 2. The van der Waals surface area contributed by atoms with Crippen LogP contribution >= 0.6 is 0 Å². The van der Waals surface area contributed by atoms with E-state index >= 15 is 0 Å². The smallest absolute Gasteiger partial charge is 0.306 e. The Morgan fingerprint density at radius 2 is 1.04 bits per heavy atom. The maximum absolute atomic E-state index is 11.0. The molecule has 0 aliphatic heterocycles. The first-order valence-corrected chi connectivity index (χ1v) is 7.25. The van der Waals surface area contributed by atoms with Crippen molar-refractivity contribution in [3.8, 4) is 0 Å². The second kappa shape index (κ2) is 12.2. The minimum absolute atomic E-state index is 0.0102. The second-order valence-corrected chi connectivity index (χ2v) is 5.31. The van der Waals surface area contributed by atoms with Gasteiger partial charge in [-0.2, -0.15) is 0 Å². The highest BCUT2D eigenvalue weighted by Gasteiger charge is 2.27. The minimum atomic E-state index is -1.01. The van der Waals surface area contributed by atoms with Crippen LogP contribution in [-0.4, -0.2) is 72.4 Å². The molecule has 0 aliphatic carbocycles. The zero-order chi connectivity index (χ0) is 17.8. The monoisotopic (exact) mass is 338 g/mol. The van der Waals surface area contributed by atoms with Crippen molar-refractivity contribution in [2.45, 2.75) is 13.8 Å². The third kappa shape index (κ3) is 8.82. The third-order valence-corrected chi connectivity index (χ3v) is 3.70. The van der Waals surface area contributed by atoms with Gasteiger partial charge in [-0.3, -0.25) is 9.59 Å². The highest BCUT2D eigenvalue weighted by Crippen LogP contribution is 2.17. The van der Waals surface area contributed by atoms with E-state index in [1.807, 2.05) is 0 Å². The molecule has 0 spiro atoms. The topological polar surface area (TPSA) is 143 Å². The first kappa shape index (κ1) is 21.7. The van der Waals surface area contributed by atoms with Crippen molar-refractivity contribution in [3.05, 3.63) is 0 Å². The van der Waals surface area contributed by atoms with Gasteiger partial charge in [0, 0.05) is 11.8 Å². The van der Waals surface area contributed by atoms with Gasteiger partial charge in [-0.1, -0.05) is 13.8 Å². The van der Waals surface area contributed by atoms with Crippen LogP contribution in [0.4, 0.5) is 0 Å². The second-order valence-electron chi connectivity index (χ2n) is 5.31. The number of aliphatic hydroxyl groups is 2. The van der Waals surface area contributed by atoms with Crippen LogP contribution in [0.2, 0.25) is 0 Å². The van der Waals surface area contributed by atoms with Crippen LogP contribution in [0.15, 0.2) is 0 Å². The van der Waals surface area contributed by atoms with E-state index in [0.29, 0.717) is 0 Å². The summed E-state index contributed by atoms with van der Waals surface area (Å²) >= 11 is 0. The van der Waals surface area contributed by atoms with E-state index in [2.05, 4.69) is 0 Å². The van der Waals surface area contributed by atoms with Crippen LogP contribution in [-0.2, 0) is 23.8 Å². The standard InChI is InChI=1S/C14H26O9/c1-9(13(17)18)11(5-22-7-15)3-21-4-12(6-23-8-16)10(2)14(19)20/h9-12,15-16H,3-8H2,1-2H3,(H,17,18)(H,19,20). The van der Waals surface area contributed by atoms with E-state index in [1.165, 1.54) is 13.8 Å². The molecule has 0 saturated carbocycles. The molecule has 136 valence electrons. The van der Waals surface area contributed by atoms with Crippen LogP contribution < -0.4 is 0 Å². The number of rotatable bonds is 14. The Bertz CT molecular complexity index is 315. The molecule has 0 rings (SSSR count). The maximum atomic E-state index is 11.0. The molecule has 0 heterocycles. The first-order valence-electron chi connectivity index (χ1n) is 7.25. The summed E-state index contributed by atoms with van der Waals surface area (Å²) in [6.07, 6.45) is 0. The molecule has 0 aromatic carbocycles. The fourth-order valence-corrected chi connectivity index (χ4v) is 1.86. The molecule has 0 amide bonds. The van der Waals surface area contributed by atoms with Crippen molar-refractivity contribution in [2.75, 3.05) is 40.0 Å². The zero-order valence-corrected chi connectivity index (χ0v) is 13.4. The summed E-state index contributed by atoms with van der Waals surface area (Å²) in [5.41, 5.74) is 0. The van der Waals surface area contributed by atoms with Crippen LogP contribution in [0.3, 0.4) is 0 Å². The van der Waals surface area contributed by atoms with Gasteiger partial charge >= 0.3 is 11.9 Å². The summed E-state index contributed by atoms with van der Waals surface area (Å²) in [6, 6.07) is 0. The Morgan fingerprint density at radius 1 is 0.739 bits per heavy atom. The van der Waals surface area contributed by atoms with Gasteiger partial charge < -0.3 is 34.6 Å². The molecule has 23 heavy (non-hydrogen) atoms. The van der Waals surface area contributed by atoms with Crippen LogP contribution in [0.25, 0.3) is 0 Å². The first-order chi connectivity index (χ1) is 10.8. The van der Waals surface area contributed by atoms with Gasteiger partial charge in [0.2, 0.25) is 0 Å². The quantitative estimate of drug-likeness (QED) is 0.311. The minimum Gasteiger partial charge on any atom is -0.481 e. The van der Waals surface area contributed by atoms with Crippen LogP contribution in [0.1, 0.15) is 13.8 Å². The van der Waals surface area contributed by atoms with E-state index in [-0.39, 0.29) is 26.4 Å². The molecule has 0 saturated heterocycles. The van der Waals surface area contributed by atoms with E-state index in [9.17, 15) is 9.59 Å². The van der Waals surface area contributed by atoms with Crippen LogP contribution in [0.5, 0.6) is 0 Å². The fourth-order valence-electron chi connectivity index (χ4n) is 1.86. The summed E-state index contributed by atoms with van der Waals surface area (Å²) in [4.78, 5) is 22.1. The number of carboxylic acids is 2. The van der Waals surface area contributed by atoms with Gasteiger partial charge in [-0.25, -0.2) is 0 Å². The van der Waals surface area contributed by atoms with E-state index in [0.717, 1.165) is 0 Å². The van der Waals surface area contributed by atoms with Gasteiger partial charge in [-0.05, 0) is 0 Å². The predicted molar refractivity (Wildman–Crippen MR) is 77.5 cm³/mol. The summed E-state index contributed by atoms with van der Waals surface area (Å²) in [5, 5.41) is 35.4. The van der Waals surface area contributed by atoms with Crippen LogP contribution in [0, 0.1) is 23.7 Å².